The van der Waals surface area contributed by atoms with E-state index >= 15 is 0 Å². The molecule has 0 bridgehead atoms. The highest BCUT2D eigenvalue weighted by Crippen LogP contribution is 2.40. The van der Waals surface area contributed by atoms with Crippen molar-refractivity contribution < 1.29 is 223 Å². The molecule has 0 aromatic carbocycles. The van der Waals surface area contributed by atoms with Crippen LogP contribution in [-0.2, 0) is 94.9 Å². The van der Waals surface area contributed by atoms with E-state index in [-0.39, 0.29) is 0 Å². The van der Waals surface area contributed by atoms with Gasteiger partial charge in [0.05, 0.1) is 59.0 Å². The fraction of sp³-hybridized carbons (Fsp3) is 0.950. The van der Waals surface area contributed by atoms with Gasteiger partial charge < -0.3 is 224 Å². The molecule has 9 aliphatic rings. The maximum Gasteiger partial charge on any atom is 0.217 e. The lowest BCUT2D eigenvalue weighted by atomic mass is 9.93. The summed E-state index contributed by atoms with van der Waals surface area (Å²) in [6.07, 6.45) is -85.7. The van der Waals surface area contributed by atoms with Gasteiger partial charge in [-0.3, -0.25) is 14.4 Å². The highest BCUT2D eigenvalue weighted by atomic mass is 16.8. The Hall–Kier alpha value is -3.27. The third-order valence-corrected chi connectivity index (χ3v) is 19.9. The van der Waals surface area contributed by atoms with Crippen LogP contribution in [0.25, 0.3) is 0 Å². The Balaban J connectivity index is 1.07. The number of hydrogen-bond donors (Lipinski definition) is 28. The fourth-order valence-electron chi connectivity index (χ4n) is 14.0. The summed E-state index contributed by atoms with van der Waals surface area (Å²) < 4.78 is 101. The van der Waals surface area contributed by atoms with E-state index in [0.29, 0.717) is 0 Å². The predicted octanol–water partition coefficient (Wildman–Crippen LogP) is -19.2. The molecule has 0 saturated carbocycles. The van der Waals surface area contributed by atoms with Crippen LogP contribution in [0.4, 0.5) is 0 Å². The zero-order valence-corrected chi connectivity index (χ0v) is 58.0. The number of hydrogen-bond acceptors (Lipinski definition) is 45. The number of nitrogens with one attached hydrogen (secondary N) is 3. The smallest absolute Gasteiger partial charge is 0.217 e. The van der Waals surface area contributed by atoms with Crippen LogP contribution in [0.3, 0.4) is 0 Å². The molecule has 1 unspecified atom stereocenters. The van der Waals surface area contributed by atoms with Crippen molar-refractivity contribution in [2.45, 2.75) is 304 Å². The molecule has 28 N–H and O–H groups in total. The van der Waals surface area contributed by atoms with Crippen molar-refractivity contribution in [1.29, 1.82) is 0 Å². The first kappa shape index (κ1) is 88.7. The van der Waals surface area contributed by atoms with Gasteiger partial charge in [0.15, 0.2) is 56.6 Å². The van der Waals surface area contributed by atoms with Crippen LogP contribution in [0.5, 0.6) is 0 Å². The number of rotatable bonds is 27. The van der Waals surface area contributed by atoms with Crippen molar-refractivity contribution in [3.8, 4) is 0 Å². The number of aliphatic hydroxyl groups excluding tert-OH is 25. The fourth-order valence-corrected chi connectivity index (χ4v) is 14.0. The molecule has 3 amide bonds. The third-order valence-electron chi connectivity index (χ3n) is 19.9. The number of carbonyl (C=O) groups is 3. The van der Waals surface area contributed by atoms with Gasteiger partial charge in [0, 0.05) is 20.8 Å². The van der Waals surface area contributed by atoms with E-state index in [1.54, 1.807) is 0 Å². The molecule has 0 aromatic heterocycles. The molecule has 0 radical (unpaired) electrons. The molecule has 48 heteroatoms. The van der Waals surface area contributed by atoms with Gasteiger partial charge in [-0.2, -0.15) is 0 Å². The van der Waals surface area contributed by atoms with Crippen LogP contribution < -0.4 is 16.0 Å². The highest BCUT2D eigenvalue weighted by Gasteiger charge is 2.61. The summed E-state index contributed by atoms with van der Waals surface area (Å²) in [5.74, 6) is -2.91. The van der Waals surface area contributed by atoms with Crippen LogP contribution in [0.15, 0.2) is 0 Å². The van der Waals surface area contributed by atoms with Crippen LogP contribution in [0, 0.1) is 0 Å². The van der Waals surface area contributed by atoms with Crippen LogP contribution in [0.2, 0.25) is 0 Å². The topological polar surface area (TPSA) is 750 Å². The number of carbonyl (C=O) groups excluding carboxylic acids is 3. The summed E-state index contributed by atoms with van der Waals surface area (Å²) in [6, 6.07) is -5.87. The van der Waals surface area contributed by atoms with Crippen molar-refractivity contribution in [2.24, 2.45) is 0 Å². The third kappa shape index (κ3) is 19.1. The summed E-state index contributed by atoms with van der Waals surface area (Å²) >= 11 is 0. The minimum absolute atomic E-state index is 0.922. The maximum atomic E-state index is 13.4. The molecule has 626 valence electrons. The summed E-state index contributed by atoms with van der Waals surface area (Å²) in [5, 5.41) is 282. The zero-order valence-electron chi connectivity index (χ0n) is 58.0. The van der Waals surface area contributed by atoms with E-state index in [0.717, 1.165) is 20.8 Å². The van der Waals surface area contributed by atoms with Gasteiger partial charge in [0.25, 0.3) is 0 Å². The predicted molar refractivity (Wildman–Crippen MR) is 330 cm³/mol. The Morgan fingerprint density at radius 2 is 0.565 bits per heavy atom. The lowest BCUT2D eigenvalue weighted by Crippen LogP contribution is -2.71. The molecule has 9 saturated heterocycles. The summed E-state index contributed by atoms with van der Waals surface area (Å²) in [4.78, 5) is 39.6. The molecular weight excluding hydrogens is 1480 g/mol. The summed E-state index contributed by atoms with van der Waals surface area (Å²) in [6.45, 7) is -4.66. The molecular formula is C60H101N3O45. The van der Waals surface area contributed by atoms with Crippen molar-refractivity contribution in [2.75, 3.05) is 52.9 Å². The second kappa shape index (κ2) is 38.5. The van der Waals surface area contributed by atoms with E-state index < -0.39 is 347 Å². The van der Waals surface area contributed by atoms with Gasteiger partial charge in [-0.1, -0.05) is 0 Å². The van der Waals surface area contributed by atoms with E-state index in [1.165, 1.54) is 6.92 Å². The molecule has 108 heavy (non-hydrogen) atoms. The van der Waals surface area contributed by atoms with E-state index in [4.69, 9.17) is 80.5 Å². The number of ether oxygens (including phenoxy) is 17. The van der Waals surface area contributed by atoms with E-state index in [1.807, 2.05) is 0 Å². The molecule has 0 spiro atoms. The SMILES string of the molecule is CC(=O)N[C@H]1[C@H](O[C@H]2[C@@H](O)[C@@H](CO)O[C@@H](O[C@H]3[C@H](O)[C@@H](O)C(O)O[C@@H]3CO)[C@@H]2O)O[C@H](CO)[C@@H](O[C@@H]2O[C@H](CO[C@@H]3O[C@H](CO)[C@@H](O[C@@H]4O[C@H](CO)[C@H](O)[C@H](O)[C@H]4O)[C@H](O[C@@H]4O[C@@H](C)[C@@H](O)[C@@H](O)[C@@H]4O)[C@H]3NC(C)=O)[C@H](O)[C@H](O[C@@H]3O[C@H](CO)[C@@H](O)[C@H](O[C@@H]4O[C@H](CO)[C@H](O)[C@H](O)[C@H]4O)[C@H]3NC(C)=O)[C@H]2O)[C@@H]1O. The Kier molecular flexibility index (Phi) is 31.6. The lowest BCUT2D eigenvalue weighted by Gasteiger charge is -2.51. The summed E-state index contributed by atoms with van der Waals surface area (Å²) in [5.41, 5.74) is 0. The minimum Gasteiger partial charge on any atom is -0.394 e. The van der Waals surface area contributed by atoms with E-state index in [2.05, 4.69) is 16.0 Å². The zero-order chi connectivity index (χ0) is 79.5. The van der Waals surface area contributed by atoms with Crippen molar-refractivity contribution in [1.82, 2.24) is 16.0 Å². The lowest BCUT2D eigenvalue weighted by molar-refractivity contribution is -0.390. The Morgan fingerprint density at radius 3 is 1.04 bits per heavy atom. The molecule has 9 rings (SSSR count). The maximum absolute atomic E-state index is 13.4. The molecule has 48 nitrogen and oxygen atoms in total. The number of amides is 3. The largest absolute Gasteiger partial charge is 0.394 e. The van der Waals surface area contributed by atoms with E-state index in [9.17, 15) is 142 Å². The van der Waals surface area contributed by atoms with Gasteiger partial charge in [-0.25, -0.2) is 0 Å². The molecule has 0 aromatic rings. The second-order valence-electron chi connectivity index (χ2n) is 27.4. The average Bonchev–Trinajstić information content (AvgIpc) is 0.769. The second-order valence-corrected chi connectivity index (χ2v) is 27.4. The van der Waals surface area contributed by atoms with Crippen LogP contribution in [-0.4, -0.2) is 474 Å². The molecule has 45 atom stereocenters. The van der Waals surface area contributed by atoms with Crippen molar-refractivity contribution >= 4 is 17.7 Å². The monoisotopic (exact) mass is 1580 g/mol. The van der Waals surface area contributed by atoms with Gasteiger partial charge in [0.1, 0.15) is 213 Å². The van der Waals surface area contributed by atoms with Crippen LogP contribution in [0.1, 0.15) is 27.7 Å². The van der Waals surface area contributed by atoms with Gasteiger partial charge >= 0.3 is 0 Å². The van der Waals surface area contributed by atoms with Gasteiger partial charge in [-0.05, 0) is 6.92 Å². The van der Waals surface area contributed by atoms with Crippen LogP contribution >= 0.6 is 0 Å². The number of aliphatic hydroxyl groups is 25. The first-order valence-corrected chi connectivity index (χ1v) is 34.5. The normalized spacial score (nSPS) is 50.4. The van der Waals surface area contributed by atoms with Gasteiger partial charge in [0.2, 0.25) is 17.7 Å². The standard InChI is InChI=1S/C60H101N3O45/c1-13-28(74)35(81)40(86)56(93-13)106-49-27(63-16(4)73)53(99-23(11-70)47(49)104-57-41(87)36(82)29(75)17(5-64)96-57)92-12-24-33(79)51(108-55-26(62-15(3)72)48(31(77)19(7-66)95-55)105-58-42(88)37(83)30(76)18(6-65)97-58)44(90)60(101-24)102-45-22(10-69)100-54(25(34(45)80)61-14(2)71)107-50-32(78)20(8-67)98-59(43(50)89)103-46-21(9-68)94-52(91)39(85)38(46)84/h13,17-60,64-70,74-91H,5-12H2,1-4H3,(H,61,71)(H,62,72)(H,63,73)/t13-,17+,18+,19+,20+,21+,22+,23+,24+,25+,26+,27+,28+,29-,30-,31+,32-,33-,34+,35+,36-,37-,38+,39+,40-,41+,42+,43+,44+,45+,46+,47+,48+,49+,50-,51-,52?,53+,54-,55-,56-,57-,58-,59-,60-/m0/s1. The first-order chi connectivity index (χ1) is 51.1. The Morgan fingerprint density at radius 1 is 0.259 bits per heavy atom. The average molecular weight is 1580 g/mol. The Bertz CT molecular complexity index is 2820. The van der Waals surface area contributed by atoms with Gasteiger partial charge in [-0.15, -0.1) is 0 Å². The molecule has 9 aliphatic heterocycles. The first-order valence-electron chi connectivity index (χ1n) is 34.5. The highest BCUT2D eigenvalue weighted by molar-refractivity contribution is 5.74. The van der Waals surface area contributed by atoms with Crippen molar-refractivity contribution in [3.05, 3.63) is 0 Å². The molecule has 9 heterocycles. The Labute approximate surface area is 611 Å². The minimum atomic E-state index is -2.53. The molecule has 0 aliphatic carbocycles. The van der Waals surface area contributed by atoms with Crippen molar-refractivity contribution in [3.63, 3.8) is 0 Å². The quantitative estimate of drug-likeness (QED) is 0.0363. The summed E-state index contributed by atoms with van der Waals surface area (Å²) in [7, 11) is 0. The molecule has 9 fully saturated rings.